The first-order valence-corrected chi connectivity index (χ1v) is 13.0. The van der Waals surface area contributed by atoms with E-state index in [1.807, 2.05) is 42.5 Å². The van der Waals surface area contributed by atoms with Crippen LogP contribution in [0.2, 0.25) is 0 Å². The van der Waals surface area contributed by atoms with E-state index < -0.39 is 0 Å². The van der Waals surface area contributed by atoms with Gasteiger partial charge in [0, 0.05) is 22.7 Å². The third kappa shape index (κ3) is 5.56. The first-order chi connectivity index (χ1) is 18.0. The molecular weight excluding hydrogens is 488 g/mol. The Kier molecular flexibility index (Phi) is 7.30. The second kappa shape index (κ2) is 10.9. The normalized spacial score (nSPS) is 16.5. The molecule has 8 nitrogen and oxygen atoms in total. The lowest BCUT2D eigenvalue weighted by Crippen LogP contribution is -2.26. The van der Waals surface area contributed by atoms with Gasteiger partial charge in [0.05, 0.1) is 36.7 Å². The predicted molar refractivity (Wildman–Crippen MR) is 143 cm³/mol. The van der Waals surface area contributed by atoms with Crippen molar-refractivity contribution >= 4 is 35.1 Å². The summed E-state index contributed by atoms with van der Waals surface area (Å²) >= 11 is 1.49. The average molecular weight is 515 g/mol. The Labute approximate surface area is 219 Å². The van der Waals surface area contributed by atoms with Crippen molar-refractivity contribution in [3.05, 3.63) is 71.8 Å². The summed E-state index contributed by atoms with van der Waals surface area (Å²) in [7, 11) is 1.61. The number of carbonyl (C=O) groups is 2. The average Bonchev–Trinajstić information content (AvgIpc) is 3.30. The first-order valence-electron chi connectivity index (χ1n) is 12.0. The van der Waals surface area contributed by atoms with Crippen molar-refractivity contribution in [3.8, 4) is 22.9 Å². The molecular formula is C28H26N4O4S. The van der Waals surface area contributed by atoms with Crippen LogP contribution in [0.1, 0.15) is 17.5 Å². The van der Waals surface area contributed by atoms with Gasteiger partial charge in [0.15, 0.2) is 0 Å². The fourth-order valence-electron chi connectivity index (χ4n) is 4.45. The van der Waals surface area contributed by atoms with Crippen LogP contribution in [0.3, 0.4) is 0 Å². The lowest BCUT2D eigenvalue weighted by molar-refractivity contribution is -0.113. The van der Waals surface area contributed by atoms with E-state index in [9.17, 15) is 14.9 Å². The predicted octanol–water partition coefficient (Wildman–Crippen LogP) is 4.78. The van der Waals surface area contributed by atoms with Crippen LogP contribution in [0.25, 0.3) is 11.1 Å². The monoisotopic (exact) mass is 514 g/mol. The van der Waals surface area contributed by atoms with Crippen molar-refractivity contribution in [2.75, 3.05) is 36.2 Å². The van der Waals surface area contributed by atoms with E-state index in [1.165, 1.54) is 11.8 Å². The van der Waals surface area contributed by atoms with Crippen molar-refractivity contribution in [1.29, 1.82) is 5.26 Å². The molecule has 0 saturated carbocycles. The van der Waals surface area contributed by atoms with Crippen LogP contribution in [-0.4, -0.2) is 44.1 Å². The number of hydrogen-bond donors (Lipinski definition) is 2. The molecule has 2 N–H and O–H groups in total. The highest BCUT2D eigenvalue weighted by atomic mass is 32.2. The summed E-state index contributed by atoms with van der Waals surface area (Å²) < 4.78 is 10.9. The van der Waals surface area contributed by atoms with Gasteiger partial charge in [-0.2, -0.15) is 5.26 Å². The standard InChI is InChI=1S/C28H26N4O4S/c1-35-22-7-5-20(14-29)24(13-22)19-4-2-3-18(11-19)15-30-10-9-23-16-32(28(34)36-23)21-6-8-26-25(12-21)31-27(33)17-37-26/h2-8,11-13,23,30H,9-10,15-17H2,1H3,(H,31,33). The third-order valence-corrected chi connectivity index (χ3v) is 7.41. The molecule has 2 amide bonds. The summed E-state index contributed by atoms with van der Waals surface area (Å²) in [6.45, 7) is 1.78. The van der Waals surface area contributed by atoms with E-state index in [0.29, 0.717) is 48.8 Å². The van der Waals surface area contributed by atoms with Crippen molar-refractivity contribution < 1.29 is 19.1 Å². The number of amides is 2. The summed E-state index contributed by atoms with van der Waals surface area (Å²) in [6, 6.07) is 21.4. The highest BCUT2D eigenvalue weighted by molar-refractivity contribution is 8.00. The quantitative estimate of drug-likeness (QED) is 0.417. The number of rotatable bonds is 8. The minimum atomic E-state index is -0.376. The van der Waals surface area contributed by atoms with Gasteiger partial charge in [-0.1, -0.05) is 18.2 Å². The largest absolute Gasteiger partial charge is 0.497 e. The molecule has 1 fully saturated rings. The number of fused-ring (bicyclic) bond motifs is 1. The van der Waals surface area contributed by atoms with Crippen LogP contribution in [0.5, 0.6) is 5.75 Å². The molecule has 2 heterocycles. The van der Waals surface area contributed by atoms with Crippen molar-refractivity contribution in [3.63, 3.8) is 0 Å². The topological polar surface area (TPSA) is 104 Å². The van der Waals surface area contributed by atoms with Gasteiger partial charge in [-0.25, -0.2) is 4.79 Å². The van der Waals surface area contributed by atoms with Gasteiger partial charge in [-0.05, 0) is 66.6 Å². The lowest BCUT2D eigenvalue weighted by Gasteiger charge is -2.20. The van der Waals surface area contributed by atoms with Crippen molar-refractivity contribution in [2.45, 2.75) is 24.0 Å². The van der Waals surface area contributed by atoms with E-state index in [1.54, 1.807) is 24.1 Å². The maximum absolute atomic E-state index is 12.5. The Morgan fingerprint density at radius 1 is 1.19 bits per heavy atom. The molecule has 0 aromatic heterocycles. The summed E-state index contributed by atoms with van der Waals surface area (Å²) in [5, 5.41) is 15.8. The van der Waals surface area contributed by atoms with Gasteiger partial charge in [-0.3, -0.25) is 9.69 Å². The van der Waals surface area contributed by atoms with Crippen molar-refractivity contribution in [2.24, 2.45) is 0 Å². The fourth-order valence-corrected chi connectivity index (χ4v) is 5.24. The first kappa shape index (κ1) is 24.7. The van der Waals surface area contributed by atoms with Crippen LogP contribution in [0, 0.1) is 11.3 Å². The fraction of sp³-hybridized carbons (Fsp3) is 0.250. The maximum atomic E-state index is 12.5. The molecule has 0 aliphatic carbocycles. The molecule has 0 radical (unpaired) electrons. The molecule has 3 aromatic rings. The SMILES string of the molecule is COc1ccc(C#N)c(-c2cccc(CNCCC3CN(c4ccc5c(c4)NC(=O)CS5)C(=O)O3)c2)c1. The Balaban J connectivity index is 1.16. The van der Waals surface area contributed by atoms with Gasteiger partial charge < -0.3 is 20.1 Å². The van der Waals surface area contributed by atoms with Gasteiger partial charge in [0.25, 0.3) is 0 Å². The Morgan fingerprint density at radius 2 is 2.08 bits per heavy atom. The van der Waals surface area contributed by atoms with Crippen LogP contribution in [0.4, 0.5) is 16.2 Å². The summed E-state index contributed by atoms with van der Waals surface area (Å²) in [5.41, 5.74) is 4.92. The highest BCUT2D eigenvalue weighted by Crippen LogP contribution is 2.35. The van der Waals surface area contributed by atoms with Gasteiger partial charge in [-0.15, -0.1) is 11.8 Å². The van der Waals surface area contributed by atoms with Crippen LogP contribution < -0.4 is 20.3 Å². The molecule has 5 rings (SSSR count). The molecule has 0 bridgehead atoms. The molecule has 1 saturated heterocycles. The zero-order valence-corrected chi connectivity index (χ0v) is 21.1. The molecule has 2 aliphatic heterocycles. The Hall–Kier alpha value is -4.00. The van der Waals surface area contributed by atoms with E-state index in [4.69, 9.17) is 9.47 Å². The summed E-state index contributed by atoms with van der Waals surface area (Å²) in [5.74, 6) is 1.07. The smallest absolute Gasteiger partial charge is 0.414 e. The number of anilines is 2. The molecule has 3 aromatic carbocycles. The van der Waals surface area contributed by atoms with Gasteiger partial charge in [0.1, 0.15) is 11.9 Å². The Bertz CT molecular complexity index is 1390. The molecule has 37 heavy (non-hydrogen) atoms. The zero-order chi connectivity index (χ0) is 25.8. The van der Waals surface area contributed by atoms with Crippen LogP contribution >= 0.6 is 11.8 Å². The number of nitrogens with one attached hydrogen (secondary N) is 2. The number of nitriles is 1. The number of thioether (sulfide) groups is 1. The number of ether oxygens (including phenoxy) is 2. The van der Waals surface area contributed by atoms with E-state index in [-0.39, 0.29) is 18.1 Å². The molecule has 1 atom stereocenters. The molecule has 0 spiro atoms. The van der Waals surface area contributed by atoms with Crippen molar-refractivity contribution in [1.82, 2.24) is 5.32 Å². The van der Waals surface area contributed by atoms with E-state index in [0.717, 1.165) is 27.3 Å². The minimum Gasteiger partial charge on any atom is -0.497 e. The van der Waals surface area contributed by atoms with Crippen LogP contribution in [0.15, 0.2) is 65.6 Å². The number of carbonyl (C=O) groups excluding carboxylic acids is 2. The van der Waals surface area contributed by atoms with Gasteiger partial charge in [0.2, 0.25) is 5.91 Å². The van der Waals surface area contributed by atoms with Gasteiger partial charge >= 0.3 is 6.09 Å². The maximum Gasteiger partial charge on any atom is 0.414 e. The number of nitrogens with zero attached hydrogens (tertiary/aromatic N) is 2. The third-order valence-electron chi connectivity index (χ3n) is 6.34. The second-order valence-corrected chi connectivity index (χ2v) is 9.84. The minimum absolute atomic E-state index is 0.0397. The molecule has 1 unspecified atom stereocenters. The number of methoxy groups -OCH3 is 1. The zero-order valence-electron chi connectivity index (χ0n) is 20.3. The summed E-state index contributed by atoms with van der Waals surface area (Å²) in [6.07, 6.45) is 0.0776. The highest BCUT2D eigenvalue weighted by Gasteiger charge is 2.32. The second-order valence-electron chi connectivity index (χ2n) is 8.82. The van der Waals surface area contributed by atoms with Crippen LogP contribution in [-0.2, 0) is 16.1 Å². The molecule has 188 valence electrons. The molecule has 9 heteroatoms. The lowest BCUT2D eigenvalue weighted by atomic mass is 9.98. The Morgan fingerprint density at radius 3 is 2.92 bits per heavy atom. The molecule has 2 aliphatic rings. The summed E-state index contributed by atoms with van der Waals surface area (Å²) in [4.78, 5) is 26.8. The number of benzene rings is 3. The number of cyclic esters (lactones) is 1. The number of hydrogen-bond acceptors (Lipinski definition) is 7. The van der Waals surface area contributed by atoms with E-state index >= 15 is 0 Å². The van der Waals surface area contributed by atoms with E-state index in [2.05, 4.69) is 22.8 Å².